The zero-order chi connectivity index (χ0) is 33.4. The summed E-state index contributed by atoms with van der Waals surface area (Å²) in [7, 11) is 0. The molecular weight excluding hydrogens is 609 g/mol. The van der Waals surface area contributed by atoms with E-state index in [9.17, 15) is 5.26 Å². The zero-order valence-corrected chi connectivity index (χ0v) is 27.2. The Morgan fingerprint density at radius 2 is 1.14 bits per heavy atom. The lowest BCUT2D eigenvalue weighted by Gasteiger charge is -2.34. The number of nitrogens with one attached hydrogen (secondary N) is 2. The van der Waals surface area contributed by atoms with E-state index in [1.807, 2.05) is 30.3 Å². The van der Waals surface area contributed by atoms with Crippen LogP contribution in [0.4, 0.5) is 0 Å². The Morgan fingerprint density at radius 1 is 0.500 bits per heavy atom. The molecule has 8 aromatic carbocycles. The largest absolute Gasteiger partial charge is 0.350 e. The van der Waals surface area contributed by atoms with Crippen molar-refractivity contribution in [3.63, 3.8) is 0 Å². The van der Waals surface area contributed by atoms with Crippen LogP contribution in [-0.4, -0.2) is 5.84 Å². The first-order valence-corrected chi connectivity index (χ1v) is 16.9. The van der Waals surface area contributed by atoms with Crippen LogP contribution in [0.25, 0.3) is 54.6 Å². The summed E-state index contributed by atoms with van der Waals surface area (Å²) >= 11 is 0. The monoisotopic (exact) mass is 640 g/mol. The summed E-state index contributed by atoms with van der Waals surface area (Å²) in [6.07, 6.45) is -0.651. The third-order valence-corrected chi connectivity index (χ3v) is 9.81. The Bertz CT molecular complexity index is 2620. The topological polar surface area (TPSA) is 60.2 Å². The molecule has 0 aromatic heterocycles. The van der Waals surface area contributed by atoms with Crippen LogP contribution in [0.15, 0.2) is 175 Å². The lowest BCUT2D eigenvalue weighted by molar-refractivity contribution is 0.413. The van der Waals surface area contributed by atoms with Crippen molar-refractivity contribution in [2.24, 2.45) is 4.99 Å². The van der Waals surface area contributed by atoms with Crippen LogP contribution in [-0.2, 0) is 0 Å². The summed E-state index contributed by atoms with van der Waals surface area (Å²) < 4.78 is 0. The predicted molar refractivity (Wildman–Crippen MR) is 206 cm³/mol. The number of fused-ring (bicyclic) bond motifs is 4. The summed E-state index contributed by atoms with van der Waals surface area (Å²) in [6.45, 7) is 0. The molecule has 1 heterocycles. The number of aliphatic imine (C=N–C) groups is 1. The average molecular weight is 641 g/mol. The van der Waals surface area contributed by atoms with Crippen LogP contribution in [0.3, 0.4) is 0 Å². The zero-order valence-electron chi connectivity index (χ0n) is 27.2. The molecule has 4 heteroatoms. The third-order valence-electron chi connectivity index (χ3n) is 9.81. The molecule has 2 atom stereocenters. The molecule has 0 saturated heterocycles. The molecule has 1 aliphatic heterocycles. The van der Waals surface area contributed by atoms with Gasteiger partial charge in [-0.15, -0.1) is 0 Å². The molecule has 4 nitrogen and oxygen atoms in total. The van der Waals surface area contributed by atoms with Gasteiger partial charge >= 0.3 is 0 Å². The van der Waals surface area contributed by atoms with Gasteiger partial charge in [-0.2, -0.15) is 5.26 Å². The van der Waals surface area contributed by atoms with E-state index in [1.54, 1.807) is 0 Å². The lowest BCUT2D eigenvalue weighted by Crippen LogP contribution is -2.45. The fourth-order valence-corrected chi connectivity index (χ4v) is 7.45. The first kappa shape index (κ1) is 29.6. The minimum absolute atomic E-state index is 0.280. The van der Waals surface area contributed by atoms with Crippen molar-refractivity contribution in [2.45, 2.75) is 12.3 Å². The number of rotatable bonds is 5. The van der Waals surface area contributed by atoms with E-state index in [4.69, 9.17) is 4.99 Å². The highest BCUT2D eigenvalue weighted by Crippen LogP contribution is 2.40. The van der Waals surface area contributed by atoms with Crippen molar-refractivity contribution in [2.75, 3.05) is 0 Å². The maximum atomic E-state index is 9.46. The fraction of sp³-hybridized carbons (Fsp3) is 0.0435. The molecule has 236 valence electrons. The van der Waals surface area contributed by atoms with E-state index in [-0.39, 0.29) is 12.3 Å². The smallest absolute Gasteiger partial charge is 0.132 e. The van der Waals surface area contributed by atoms with Crippen LogP contribution >= 0.6 is 0 Å². The van der Waals surface area contributed by atoms with Crippen molar-refractivity contribution in [3.8, 4) is 28.3 Å². The van der Waals surface area contributed by atoms with Crippen molar-refractivity contribution in [1.29, 1.82) is 5.26 Å². The number of hydrogen-bond donors (Lipinski definition) is 2. The van der Waals surface area contributed by atoms with Crippen molar-refractivity contribution >= 4 is 38.2 Å². The second kappa shape index (κ2) is 12.5. The third kappa shape index (κ3) is 5.18. The van der Waals surface area contributed by atoms with Crippen molar-refractivity contribution < 1.29 is 0 Å². The van der Waals surface area contributed by atoms with Crippen molar-refractivity contribution in [1.82, 2.24) is 10.6 Å². The maximum Gasteiger partial charge on any atom is 0.132 e. The SMILES string of the molecule is N#Cc1ccc(-c2ccccc2C2NC(c3ccccc3-c3ccccc3)=NC(c3c4ccccc4cc4c3ccc3ccccc34)N2)cc1. The standard InChI is InChI=1S/C46H32N4/c47-29-30-22-24-33(25-23-30)36-17-9-11-21-41(36)45-48-44(40-20-10-8-16-35(40)31-12-2-1-3-13-31)49-46(50-45)43-38-19-7-5-15-34(38)28-42-37-18-6-4-14-32(37)26-27-39(42)43/h1-28,45-46,50H,(H,48,49). The Kier molecular flexibility index (Phi) is 7.39. The average Bonchev–Trinajstić information content (AvgIpc) is 3.20. The molecule has 0 bridgehead atoms. The summed E-state index contributed by atoms with van der Waals surface area (Å²) in [6, 6.07) is 61.6. The van der Waals surface area contributed by atoms with Gasteiger partial charge in [-0.25, -0.2) is 4.99 Å². The number of hydrogen-bond acceptors (Lipinski definition) is 4. The molecule has 8 aromatic rings. The fourth-order valence-electron chi connectivity index (χ4n) is 7.45. The van der Waals surface area contributed by atoms with E-state index in [0.29, 0.717) is 5.56 Å². The summed E-state index contributed by atoms with van der Waals surface area (Å²) in [4.78, 5) is 5.55. The van der Waals surface area contributed by atoms with Crippen molar-refractivity contribution in [3.05, 3.63) is 192 Å². The van der Waals surface area contributed by atoms with E-state index < -0.39 is 0 Å². The second-order valence-corrected chi connectivity index (χ2v) is 12.7. The maximum absolute atomic E-state index is 9.46. The lowest BCUT2D eigenvalue weighted by atomic mass is 9.91. The van der Waals surface area contributed by atoms with Gasteiger partial charge in [-0.05, 0) is 78.3 Å². The highest BCUT2D eigenvalue weighted by molar-refractivity contribution is 6.14. The highest BCUT2D eigenvalue weighted by Gasteiger charge is 2.30. The molecule has 0 radical (unpaired) electrons. The van der Waals surface area contributed by atoms with Gasteiger partial charge in [-0.3, -0.25) is 5.32 Å². The van der Waals surface area contributed by atoms with Gasteiger partial charge in [0.2, 0.25) is 0 Å². The van der Waals surface area contributed by atoms with E-state index >= 15 is 0 Å². The molecule has 50 heavy (non-hydrogen) atoms. The molecule has 0 fully saturated rings. The quantitative estimate of drug-likeness (QED) is 0.145. The minimum atomic E-state index is -0.371. The summed E-state index contributed by atoms with van der Waals surface area (Å²) in [5, 5.41) is 24.5. The van der Waals surface area contributed by atoms with Gasteiger partial charge in [0, 0.05) is 11.1 Å². The summed E-state index contributed by atoms with van der Waals surface area (Å²) in [5.74, 6) is 0.828. The second-order valence-electron chi connectivity index (χ2n) is 12.7. The van der Waals surface area contributed by atoms with Crippen LogP contribution in [0.5, 0.6) is 0 Å². The molecule has 2 unspecified atom stereocenters. The normalized spacial score (nSPS) is 15.8. The Morgan fingerprint density at radius 3 is 1.94 bits per heavy atom. The van der Waals surface area contributed by atoms with Gasteiger partial charge in [-0.1, -0.05) is 152 Å². The van der Waals surface area contributed by atoms with Crippen LogP contribution < -0.4 is 10.6 Å². The van der Waals surface area contributed by atoms with Gasteiger partial charge in [0.05, 0.1) is 11.6 Å². The molecule has 9 rings (SSSR count). The van der Waals surface area contributed by atoms with Gasteiger partial charge < -0.3 is 5.32 Å². The predicted octanol–water partition coefficient (Wildman–Crippen LogP) is 10.7. The molecule has 0 saturated carbocycles. The van der Waals surface area contributed by atoms with Crippen LogP contribution in [0.2, 0.25) is 0 Å². The summed E-state index contributed by atoms with van der Waals surface area (Å²) in [5.41, 5.74) is 8.33. The number of nitriles is 1. The number of amidine groups is 1. The van der Waals surface area contributed by atoms with Gasteiger partial charge in [0.1, 0.15) is 18.2 Å². The van der Waals surface area contributed by atoms with E-state index in [2.05, 4.69) is 156 Å². The first-order chi connectivity index (χ1) is 24.7. The van der Waals surface area contributed by atoms with E-state index in [0.717, 1.165) is 44.8 Å². The van der Waals surface area contributed by atoms with Crippen LogP contribution in [0, 0.1) is 11.3 Å². The van der Waals surface area contributed by atoms with Gasteiger partial charge in [0.15, 0.2) is 0 Å². The molecule has 0 aliphatic carbocycles. The van der Waals surface area contributed by atoms with Crippen LogP contribution in [0.1, 0.15) is 34.6 Å². The Labute approximate surface area is 291 Å². The molecular formula is C46H32N4. The number of nitrogens with zero attached hydrogens (tertiary/aromatic N) is 2. The Balaban J connectivity index is 1.29. The Hall–Kier alpha value is -6.54. The molecule has 0 amide bonds. The first-order valence-electron chi connectivity index (χ1n) is 16.9. The van der Waals surface area contributed by atoms with E-state index in [1.165, 1.54) is 32.3 Å². The highest BCUT2D eigenvalue weighted by atomic mass is 15.3. The minimum Gasteiger partial charge on any atom is -0.350 e. The van der Waals surface area contributed by atoms with Gasteiger partial charge in [0.25, 0.3) is 0 Å². The molecule has 0 spiro atoms. The molecule has 1 aliphatic rings. The molecule has 2 N–H and O–H groups in total. The number of benzene rings is 8.